The topological polar surface area (TPSA) is 76.8 Å². The first kappa shape index (κ1) is 9.82. The SMILES string of the molecule is N#Cc1sc(N2CCCC2)c(C#N)c1N. The standard InChI is InChI=1S/C10H10N4S/c11-5-7-9(13)8(6-12)15-10(7)14-3-1-2-4-14/h1-4,13H2. The van der Waals surface area contributed by atoms with Crippen LogP contribution in [0.2, 0.25) is 0 Å². The van der Waals surface area contributed by atoms with E-state index in [4.69, 9.17) is 16.3 Å². The molecule has 0 spiro atoms. The number of anilines is 2. The van der Waals surface area contributed by atoms with Crippen LogP contribution in [0.5, 0.6) is 0 Å². The Morgan fingerprint density at radius 2 is 1.87 bits per heavy atom. The summed E-state index contributed by atoms with van der Waals surface area (Å²) in [6.07, 6.45) is 2.29. The van der Waals surface area contributed by atoms with Crippen LogP contribution in [-0.4, -0.2) is 13.1 Å². The lowest BCUT2D eigenvalue weighted by atomic mass is 10.2. The zero-order valence-corrected chi connectivity index (χ0v) is 8.97. The normalized spacial score (nSPS) is 14.9. The van der Waals surface area contributed by atoms with Gasteiger partial charge in [-0.3, -0.25) is 0 Å². The Balaban J connectivity index is 2.47. The first-order valence-corrected chi connectivity index (χ1v) is 5.57. The Labute approximate surface area is 92.1 Å². The fraction of sp³-hybridized carbons (Fsp3) is 0.400. The molecule has 2 rings (SSSR count). The van der Waals surface area contributed by atoms with E-state index in [1.807, 2.05) is 6.07 Å². The van der Waals surface area contributed by atoms with E-state index in [1.54, 1.807) is 0 Å². The predicted octanol–water partition coefficient (Wildman–Crippen LogP) is 1.67. The fourth-order valence-electron chi connectivity index (χ4n) is 1.77. The lowest BCUT2D eigenvalue weighted by Crippen LogP contribution is -2.17. The van der Waals surface area contributed by atoms with Crippen molar-refractivity contribution in [2.75, 3.05) is 23.7 Å². The molecule has 76 valence electrons. The van der Waals surface area contributed by atoms with Crippen LogP contribution in [0.25, 0.3) is 0 Å². The maximum absolute atomic E-state index is 9.01. The van der Waals surface area contributed by atoms with Crippen molar-refractivity contribution >= 4 is 22.0 Å². The fourth-order valence-corrected chi connectivity index (χ4v) is 2.79. The number of nitrogens with two attached hydrogens (primary N) is 1. The third kappa shape index (κ3) is 1.51. The molecule has 1 aromatic rings. The molecule has 0 aromatic carbocycles. The Kier molecular flexibility index (Phi) is 2.49. The van der Waals surface area contributed by atoms with Crippen LogP contribution >= 0.6 is 11.3 Å². The lowest BCUT2D eigenvalue weighted by molar-refractivity contribution is 0.949. The van der Waals surface area contributed by atoms with Crippen molar-refractivity contribution in [1.29, 1.82) is 10.5 Å². The molecule has 0 aliphatic carbocycles. The number of nitriles is 2. The molecule has 1 aliphatic heterocycles. The monoisotopic (exact) mass is 218 g/mol. The van der Waals surface area contributed by atoms with Gasteiger partial charge in [-0.1, -0.05) is 0 Å². The molecule has 5 heteroatoms. The molecule has 15 heavy (non-hydrogen) atoms. The highest BCUT2D eigenvalue weighted by Gasteiger charge is 2.22. The zero-order valence-electron chi connectivity index (χ0n) is 8.16. The number of hydrogen-bond donors (Lipinski definition) is 1. The van der Waals surface area contributed by atoms with Crippen molar-refractivity contribution in [2.24, 2.45) is 0 Å². The first-order chi connectivity index (χ1) is 7.27. The summed E-state index contributed by atoms with van der Waals surface area (Å²) < 4.78 is 0. The minimum atomic E-state index is 0.340. The maximum atomic E-state index is 9.01. The van der Waals surface area contributed by atoms with Crippen LogP contribution in [0.15, 0.2) is 0 Å². The number of nitrogen functional groups attached to an aromatic ring is 1. The summed E-state index contributed by atoms with van der Waals surface area (Å²) in [5, 5.41) is 18.7. The summed E-state index contributed by atoms with van der Waals surface area (Å²) in [7, 11) is 0. The molecule has 0 unspecified atom stereocenters. The van der Waals surface area contributed by atoms with Gasteiger partial charge in [-0.15, -0.1) is 11.3 Å². The van der Waals surface area contributed by atoms with Gasteiger partial charge in [0, 0.05) is 13.1 Å². The van der Waals surface area contributed by atoms with E-state index in [0.29, 0.717) is 16.1 Å². The van der Waals surface area contributed by atoms with Crippen molar-refractivity contribution in [2.45, 2.75) is 12.8 Å². The minimum absolute atomic E-state index is 0.340. The van der Waals surface area contributed by atoms with Gasteiger partial charge in [0.05, 0.1) is 5.69 Å². The molecule has 0 saturated carbocycles. The Morgan fingerprint density at radius 1 is 1.20 bits per heavy atom. The van der Waals surface area contributed by atoms with E-state index in [0.717, 1.165) is 30.9 Å². The Hall–Kier alpha value is -1.72. The van der Waals surface area contributed by atoms with Gasteiger partial charge >= 0.3 is 0 Å². The van der Waals surface area contributed by atoms with E-state index >= 15 is 0 Å². The average molecular weight is 218 g/mol. The van der Waals surface area contributed by atoms with E-state index < -0.39 is 0 Å². The second-order valence-corrected chi connectivity index (χ2v) is 4.44. The van der Waals surface area contributed by atoms with Crippen molar-refractivity contribution < 1.29 is 0 Å². The van der Waals surface area contributed by atoms with E-state index in [-0.39, 0.29) is 0 Å². The predicted molar refractivity (Wildman–Crippen MR) is 59.6 cm³/mol. The maximum Gasteiger partial charge on any atom is 0.131 e. The Bertz CT molecular complexity index is 457. The average Bonchev–Trinajstić information content (AvgIpc) is 2.84. The summed E-state index contributed by atoms with van der Waals surface area (Å²) in [5.41, 5.74) is 6.54. The minimum Gasteiger partial charge on any atom is -0.396 e. The summed E-state index contributed by atoms with van der Waals surface area (Å²) in [6, 6.07) is 4.12. The molecule has 1 aliphatic rings. The molecule has 1 aromatic heterocycles. The van der Waals surface area contributed by atoms with E-state index in [9.17, 15) is 0 Å². The van der Waals surface area contributed by atoms with Crippen LogP contribution in [0.4, 0.5) is 10.7 Å². The molecule has 1 fully saturated rings. The summed E-state index contributed by atoms with van der Waals surface area (Å²) in [5.74, 6) is 0. The smallest absolute Gasteiger partial charge is 0.131 e. The highest BCUT2D eigenvalue weighted by Crippen LogP contribution is 2.38. The van der Waals surface area contributed by atoms with E-state index in [2.05, 4.69) is 11.0 Å². The van der Waals surface area contributed by atoms with Gasteiger partial charge in [0.1, 0.15) is 27.6 Å². The van der Waals surface area contributed by atoms with Crippen molar-refractivity contribution in [1.82, 2.24) is 0 Å². The third-order valence-electron chi connectivity index (χ3n) is 2.53. The molecule has 1 saturated heterocycles. The number of rotatable bonds is 1. The molecule has 2 heterocycles. The first-order valence-electron chi connectivity index (χ1n) is 4.75. The zero-order chi connectivity index (χ0) is 10.8. The highest BCUT2D eigenvalue weighted by molar-refractivity contribution is 7.17. The number of thiophene rings is 1. The molecule has 2 N–H and O–H groups in total. The van der Waals surface area contributed by atoms with Gasteiger partial charge in [-0.25, -0.2) is 0 Å². The van der Waals surface area contributed by atoms with Gasteiger partial charge in [0.2, 0.25) is 0 Å². The lowest BCUT2D eigenvalue weighted by Gasteiger charge is -2.14. The Morgan fingerprint density at radius 3 is 2.40 bits per heavy atom. The van der Waals surface area contributed by atoms with Crippen LogP contribution in [0.3, 0.4) is 0 Å². The summed E-state index contributed by atoms with van der Waals surface area (Å²) >= 11 is 1.33. The molecular weight excluding hydrogens is 208 g/mol. The van der Waals surface area contributed by atoms with Crippen molar-refractivity contribution in [3.63, 3.8) is 0 Å². The number of nitrogens with zero attached hydrogens (tertiary/aromatic N) is 3. The second kappa shape index (κ2) is 3.80. The van der Waals surface area contributed by atoms with Gasteiger partial charge in [0.15, 0.2) is 0 Å². The van der Waals surface area contributed by atoms with Crippen LogP contribution in [-0.2, 0) is 0 Å². The van der Waals surface area contributed by atoms with Crippen molar-refractivity contribution in [3.05, 3.63) is 10.4 Å². The van der Waals surface area contributed by atoms with Crippen molar-refractivity contribution in [3.8, 4) is 12.1 Å². The molecule has 0 bridgehead atoms. The highest BCUT2D eigenvalue weighted by atomic mass is 32.1. The molecular formula is C10H10N4S. The largest absolute Gasteiger partial charge is 0.396 e. The number of hydrogen-bond acceptors (Lipinski definition) is 5. The molecule has 4 nitrogen and oxygen atoms in total. The third-order valence-corrected chi connectivity index (χ3v) is 3.70. The van der Waals surface area contributed by atoms with Gasteiger partial charge in [0.25, 0.3) is 0 Å². The molecule has 0 radical (unpaired) electrons. The van der Waals surface area contributed by atoms with Gasteiger partial charge in [-0.05, 0) is 12.8 Å². The summed E-state index contributed by atoms with van der Waals surface area (Å²) in [6.45, 7) is 1.92. The quantitative estimate of drug-likeness (QED) is 0.777. The van der Waals surface area contributed by atoms with Gasteiger partial charge in [-0.2, -0.15) is 10.5 Å². The van der Waals surface area contributed by atoms with E-state index in [1.165, 1.54) is 11.3 Å². The van der Waals surface area contributed by atoms with Crippen LogP contribution in [0.1, 0.15) is 23.3 Å². The molecule has 0 amide bonds. The summed E-state index contributed by atoms with van der Waals surface area (Å²) in [4.78, 5) is 2.59. The van der Waals surface area contributed by atoms with Gasteiger partial charge < -0.3 is 10.6 Å². The van der Waals surface area contributed by atoms with Crippen LogP contribution in [0, 0.1) is 22.7 Å². The molecule has 0 atom stereocenters. The second-order valence-electron chi connectivity index (χ2n) is 3.44. The van der Waals surface area contributed by atoms with Crippen LogP contribution < -0.4 is 10.6 Å².